The molecule has 0 fully saturated rings. The van der Waals surface area contributed by atoms with Gasteiger partial charge in [0.25, 0.3) is 0 Å². The minimum absolute atomic E-state index is 0. The fraction of sp³-hybridized carbons (Fsp3) is 0.300. The van der Waals surface area contributed by atoms with Crippen LogP contribution in [0, 0.1) is 6.67 Å². The Kier molecular flexibility index (Phi) is 12.2. The second-order valence-electron chi connectivity index (χ2n) is 8.99. The first-order valence-corrected chi connectivity index (χ1v) is 13.0. The number of amidine groups is 2. The van der Waals surface area contributed by atoms with E-state index in [0.29, 0.717) is 23.3 Å². The number of benzene rings is 1. The number of aliphatic imine (C=N–C) groups is 2. The van der Waals surface area contributed by atoms with Gasteiger partial charge in [-0.25, -0.2) is 0 Å². The van der Waals surface area contributed by atoms with Crippen molar-refractivity contribution in [2.24, 2.45) is 9.98 Å². The van der Waals surface area contributed by atoms with Crippen LogP contribution < -0.4 is 0 Å². The fourth-order valence-electron chi connectivity index (χ4n) is 4.03. The molecule has 0 radical (unpaired) electrons. The predicted octanol–water partition coefficient (Wildman–Crippen LogP) is 7.20. The van der Waals surface area contributed by atoms with E-state index in [9.17, 15) is 0 Å². The maximum atomic E-state index is 4.57. The quantitative estimate of drug-likeness (QED) is 0.176. The molecule has 7 nitrogen and oxygen atoms in total. The van der Waals surface area contributed by atoms with Crippen molar-refractivity contribution in [2.75, 3.05) is 13.6 Å². The van der Waals surface area contributed by atoms with Gasteiger partial charge in [0.1, 0.15) is 0 Å². The maximum absolute atomic E-state index is 4.57. The van der Waals surface area contributed by atoms with Crippen LogP contribution in [0.1, 0.15) is 56.6 Å². The number of unbranched alkanes of at least 4 members (excludes halogenated alkanes) is 5. The SMILES string of the molecule is CCCCCCCCN1C=CN(C)[CH-]1.[Pt+2].c1ccc(/N=C2\[N-]/C(=N\c3ccccn3)c3ccccc32)nc1. The second-order valence-corrected chi connectivity index (χ2v) is 8.99. The van der Waals surface area contributed by atoms with Crippen LogP contribution in [0.3, 0.4) is 0 Å². The Morgan fingerprint density at radius 1 is 0.737 bits per heavy atom. The van der Waals surface area contributed by atoms with Crippen molar-refractivity contribution >= 4 is 23.3 Å². The number of nitrogens with zero attached hydrogens (tertiary/aromatic N) is 7. The van der Waals surface area contributed by atoms with Crippen LogP contribution in [0.5, 0.6) is 0 Å². The Balaban J connectivity index is 0.000000232. The van der Waals surface area contributed by atoms with E-state index in [1.165, 1.54) is 45.1 Å². The van der Waals surface area contributed by atoms with Crippen molar-refractivity contribution in [2.45, 2.75) is 45.4 Å². The molecule has 0 unspecified atom stereocenters. The van der Waals surface area contributed by atoms with Crippen LogP contribution in [0.25, 0.3) is 5.32 Å². The van der Waals surface area contributed by atoms with Gasteiger partial charge < -0.3 is 25.1 Å². The molecular weight excluding hydrogens is 653 g/mol. The van der Waals surface area contributed by atoms with E-state index in [4.69, 9.17) is 0 Å². The number of hydrogen-bond donors (Lipinski definition) is 0. The summed E-state index contributed by atoms with van der Waals surface area (Å²) in [4.78, 5) is 21.9. The van der Waals surface area contributed by atoms with E-state index in [-0.39, 0.29) is 21.1 Å². The minimum atomic E-state index is 0. The predicted molar refractivity (Wildman–Crippen MR) is 152 cm³/mol. The number of hydrogen-bond acceptors (Lipinski definition) is 6. The Morgan fingerprint density at radius 2 is 1.29 bits per heavy atom. The molecule has 5 rings (SSSR count). The van der Waals surface area contributed by atoms with Crippen LogP contribution in [-0.2, 0) is 21.1 Å². The molecule has 2 aliphatic heterocycles. The van der Waals surface area contributed by atoms with Crippen molar-refractivity contribution in [3.8, 4) is 0 Å². The number of pyridine rings is 2. The zero-order valence-electron chi connectivity index (χ0n) is 22.1. The molecule has 1 aromatic carbocycles. The minimum Gasteiger partial charge on any atom is -0.511 e. The van der Waals surface area contributed by atoms with Crippen molar-refractivity contribution in [1.29, 1.82) is 0 Å². The van der Waals surface area contributed by atoms with Gasteiger partial charge in [0, 0.05) is 24.1 Å². The van der Waals surface area contributed by atoms with E-state index in [1.54, 1.807) is 12.4 Å². The first-order chi connectivity index (χ1) is 18.2. The van der Waals surface area contributed by atoms with E-state index in [0.717, 1.165) is 11.1 Å². The van der Waals surface area contributed by atoms with Crippen LogP contribution in [0.15, 0.2) is 95.4 Å². The molecule has 2 aromatic heterocycles. The number of fused-ring (bicyclic) bond motifs is 1. The van der Waals surface area contributed by atoms with Crippen molar-refractivity contribution in [1.82, 2.24) is 19.8 Å². The zero-order valence-corrected chi connectivity index (χ0v) is 24.3. The van der Waals surface area contributed by atoms with Crippen molar-refractivity contribution < 1.29 is 21.1 Å². The molecule has 200 valence electrons. The third-order valence-electron chi connectivity index (χ3n) is 5.95. The molecular formula is C30H35N7Pt. The smallest absolute Gasteiger partial charge is 0.511 e. The molecule has 4 heterocycles. The molecule has 0 saturated carbocycles. The Labute approximate surface area is 241 Å². The van der Waals surface area contributed by atoms with Gasteiger partial charge in [0.2, 0.25) is 0 Å². The van der Waals surface area contributed by atoms with Gasteiger partial charge in [-0.3, -0.25) is 9.97 Å². The average Bonchev–Trinajstić information content (AvgIpc) is 3.51. The second kappa shape index (κ2) is 15.8. The first kappa shape index (κ1) is 29.2. The summed E-state index contributed by atoms with van der Waals surface area (Å²) in [5.74, 6) is 2.49. The van der Waals surface area contributed by atoms with Gasteiger partial charge in [0.15, 0.2) is 0 Å². The normalized spacial score (nSPS) is 15.6. The molecule has 0 aliphatic carbocycles. The summed E-state index contributed by atoms with van der Waals surface area (Å²) in [6.07, 6.45) is 15.9. The molecule has 0 N–H and O–H groups in total. The van der Waals surface area contributed by atoms with Crippen LogP contribution in [0.4, 0.5) is 11.6 Å². The Morgan fingerprint density at radius 3 is 1.79 bits per heavy atom. The summed E-state index contributed by atoms with van der Waals surface area (Å²) >= 11 is 0. The fourth-order valence-corrected chi connectivity index (χ4v) is 4.03. The van der Waals surface area contributed by atoms with E-state index in [2.05, 4.69) is 68.1 Å². The summed E-state index contributed by atoms with van der Waals surface area (Å²) in [5.41, 5.74) is 1.90. The van der Waals surface area contributed by atoms with E-state index < -0.39 is 0 Å². The Bertz CT molecular complexity index is 1120. The van der Waals surface area contributed by atoms with Crippen molar-refractivity contribution in [3.63, 3.8) is 0 Å². The summed E-state index contributed by atoms with van der Waals surface area (Å²) in [5, 5.41) is 4.57. The first-order valence-electron chi connectivity index (χ1n) is 13.0. The molecule has 0 amide bonds. The zero-order chi connectivity index (χ0) is 25.7. The molecule has 0 saturated heterocycles. The maximum Gasteiger partial charge on any atom is 2.00 e. The van der Waals surface area contributed by atoms with Gasteiger partial charge in [-0.15, -0.1) is 0 Å². The topological polar surface area (TPSA) is 71.1 Å². The van der Waals surface area contributed by atoms with Gasteiger partial charge >= 0.3 is 21.1 Å². The van der Waals surface area contributed by atoms with Crippen LogP contribution in [-0.4, -0.2) is 45.0 Å². The van der Waals surface area contributed by atoms with Gasteiger partial charge in [-0.2, -0.15) is 6.67 Å². The Hall–Kier alpha value is -3.31. The summed E-state index contributed by atoms with van der Waals surface area (Å²) in [6.45, 7) is 5.58. The van der Waals surface area contributed by atoms with Gasteiger partial charge in [0.05, 0.1) is 11.6 Å². The number of aromatic nitrogens is 2. The van der Waals surface area contributed by atoms with Crippen molar-refractivity contribution in [3.05, 3.63) is 109 Å². The summed E-state index contributed by atoms with van der Waals surface area (Å²) < 4.78 is 0. The van der Waals surface area contributed by atoms with Gasteiger partial charge in [-0.1, -0.05) is 75.4 Å². The molecule has 38 heavy (non-hydrogen) atoms. The standard InChI is InChI=1S/C18H12N5.C12H23N2.Pt/c1-2-8-14-13(7-1)17(21-15-9-3-5-11-19-15)23-18(14)22-16-10-4-6-12-20-16;1-3-4-5-6-7-8-9-14-11-10-13(2)12-14;/h1-12H;10-12H,3-9H2,1-2H3;/q2*-1;+2. The molecule has 3 aromatic rings. The van der Waals surface area contributed by atoms with Crippen LogP contribution >= 0.6 is 0 Å². The monoisotopic (exact) mass is 688 g/mol. The summed E-state index contributed by atoms with van der Waals surface area (Å²) in [7, 11) is 2.07. The van der Waals surface area contributed by atoms with E-state index >= 15 is 0 Å². The third-order valence-corrected chi connectivity index (χ3v) is 5.95. The number of rotatable bonds is 9. The largest absolute Gasteiger partial charge is 2.00 e. The molecule has 0 bridgehead atoms. The van der Waals surface area contributed by atoms with Crippen LogP contribution in [0.2, 0.25) is 0 Å². The molecule has 8 heteroatoms. The molecule has 0 atom stereocenters. The van der Waals surface area contributed by atoms with E-state index in [1.807, 2.05) is 60.7 Å². The average molecular weight is 689 g/mol. The summed E-state index contributed by atoms with van der Waals surface area (Å²) in [6, 6.07) is 19.1. The third kappa shape index (κ3) is 8.91. The molecule has 2 aliphatic rings. The van der Waals surface area contributed by atoms with Gasteiger partial charge in [-0.05, 0) is 67.8 Å². The molecule has 0 spiro atoms.